The second-order valence-electron chi connectivity index (χ2n) is 4.57. The highest BCUT2D eigenvalue weighted by molar-refractivity contribution is 6.17. The summed E-state index contributed by atoms with van der Waals surface area (Å²) in [5.74, 6) is 2.40. The molecule has 0 N–H and O–H groups in total. The smallest absolute Gasteiger partial charge is 0.222 e. The number of aryl methyl sites for hydroxylation is 3. The van der Waals surface area contributed by atoms with E-state index in [1.165, 1.54) is 5.56 Å². The molecule has 0 saturated heterocycles. The number of nitrogens with zero attached hydrogens (tertiary/aromatic N) is 2. The van der Waals surface area contributed by atoms with Gasteiger partial charge in [-0.05, 0) is 31.0 Å². The minimum Gasteiger partial charge on any atom is -0.493 e. The van der Waals surface area contributed by atoms with Crippen LogP contribution in [0.25, 0.3) is 0 Å². The van der Waals surface area contributed by atoms with Crippen LogP contribution in [0.1, 0.15) is 23.7 Å². The highest BCUT2D eigenvalue weighted by atomic mass is 35.5. The van der Waals surface area contributed by atoms with Gasteiger partial charge in [0.25, 0.3) is 0 Å². The summed E-state index contributed by atoms with van der Waals surface area (Å²) in [5.41, 5.74) is 2.98. The normalized spacial score (nSPS) is 10.7. The molecule has 0 fully saturated rings. The van der Waals surface area contributed by atoms with Gasteiger partial charge in [-0.15, -0.1) is 11.6 Å². The average Bonchev–Trinajstić information content (AvgIpc) is 2.73. The van der Waals surface area contributed by atoms with Gasteiger partial charge in [-0.1, -0.05) is 13.0 Å². The molecule has 0 spiro atoms. The van der Waals surface area contributed by atoms with E-state index in [0.717, 1.165) is 17.7 Å². The van der Waals surface area contributed by atoms with E-state index in [0.29, 0.717) is 23.3 Å². The molecule has 0 unspecified atom stereocenters. The van der Waals surface area contributed by atoms with E-state index in [2.05, 4.69) is 12.0 Å². The molecule has 0 amide bonds. The Morgan fingerprint density at radius 1 is 1.30 bits per heavy atom. The maximum Gasteiger partial charge on any atom is 0.222 e. The van der Waals surface area contributed by atoms with Crippen molar-refractivity contribution in [1.82, 2.24) is 9.78 Å². The quantitative estimate of drug-likeness (QED) is 0.786. The molecule has 5 heteroatoms. The Morgan fingerprint density at radius 2 is 2.05 bits per heavy atom. The monoisotopic (exact) mass is 294 g/mol. The molecule has 0 aliphatic rings. The molecule has 0 atom stereocenters. The Balaban J connectivity index is 2.39. The van der Waals surface area contributed by atoms with Gasteiger partial charge in [0.1, 0.15) is 0 Å². The maximum atomic E-state index is 5.97. The van der Waals surface area contributed by atoms with E-state index in [1.807, 2.05) is 32.2 Å². The average molecular weight is 295 g/mol. The zero-order valence-corrected chi connectivity index (χ0v) is 13.0. The lowest BCUT2D eigenvalue weighted by atomic mass is 10.1. The summed E-state index contributed by atoms with van der Waals surface area (Å²) in [7, 11) is 3.48. The molecule has 0 saturated carbocycles. The van der Waals surface area contributed by atoms with Gasteiger partial charge in [0.2, 0.25) is 5.88 Å². The van der Waals surface area contributed by atoms with Crippen molar-refractivity contribution in [3.8, 4) is 17.4 Å². The lowest BCUT2D eigenvalue weighted by Crippen LogP contribution is -1.98. The number of ether oxygens (including phenoxy) is 2. The van der Waals surface area contributed by atoms with E-state index in [-0.39, 0.29) is 0 Å². The number of methoxy groups -OCH3 is 1. The standard InChI is InChI=1S/C15H19ClN2O2/c1-5-11-6-7-13(14(8-11)19-4)20-15-12(9-16)10(2)17-18(15)3/h6-8H,5,9H2,1-4H3. The van der Waals surface area contributed by atoms with Crippen molar-refractivity contribution in [1.29, 1.82) is 0 Å². The first kappa shape index (κ1) is 14.7. The van der Waals surface area contributed by atoms with Crippen LogP contribution in [0.2, 0.25) is 0 Å². The zero-order valence-electron chi connectivity index (χ0n) is 12.2. The van der Waals surface area contributed by atoms with E-state index in [9.17, 15) is 0 Å². The molecule has 0 radical (unpaired) electrons. The summed E-state index contributed by atoms with van der Waals surface area (Å²) < 4.78 is 13.1. The third-order valence-electron chi connectivity index (χ3n) is 3.27. The molecule has 0 aliphatic carbocycles. The van der Waals surface area contributed by atoms with Crippen LogP contribution in [0, 0.1) is 6.92 Å². The fraction of sp³-hybridized carbons (Fsp3) is 0.400. The topological polar surface area (TPSA) is 36.3 Å². The molecule has 2 rings (SSSR count). The van der Waals surface area contributed by atoms with Gasteiger partial charge in [-0.2, -0.15) is 5.10 Å². The van der Waals surface area contributed by atoms with Crippen LogP contribution < -0.4 is 9.47 Å². The summed E-state index contributed by atoms with van der Waals surface area (Å²) in [6.45, 7) is 4.02. The van der Waals surface area contributed by atoms with Crippen LogP contribution in [0.4, 0.5) is 0 Å². The predicted octanol–water partition coefficient (Wildman–Crippen LogP) is 3.83. The van der Waals surface area contributed by atoms with Gasteiger partial charge >= 0.3 is 0 Å². The number of halogens is 1. The molecule has 1 heterocycles. The SMILES string of the molecule is CCc1ccc(Oc2c(CCl)c(C)nn2C)c(OC)c1. The third kappa shape index (κ3) is 2.75. The first-order chi connectivity index (χ1) is 9.60. The Morgan fingerprint density at radius 3 is 2.65 bits per heavy atom. The van der Waals surface area contributed by atoms with E-state index in [1.54, 1.807) is 11.8 Å². The van der Waals surface area contributed by atoms with Crippen LogP contribution in [-0.4, -0.2) is 16.9 Å². The van der Waals surface area contributed by atoms with Crippen molar-refractivity contribution < 1.29 is 9.47 Å². The van der Waals surface area contributed by atoms with Gasteiger partial charge in [0.05, 0.1) is 24.2 Å². The fourth-order valence-electron chi connectivity index (χ4n) is 2.08. The van der Waals surface area contributed by atoms with Gasteiger partial charge in [-0.25, -0.2) is 4.68 Å². The molecule has 0 bridgehead atoms. The highest BCUT2D eigenvalue weighted by Gasteiger charge is 2.16. The number of alkyl halides is 1. The largest absolute Gasteiger partial charge is 0.493 e. The Bertz CT molecular complexity index is 608. The highest BCUT2D eigenvalue weighted by Crippen LogP contribution is 2.35. The molecular weight excluding hydrogens is 276 g/mol. The summed E-state index contributed by atoms with van der Waals surface area (Å²) in [5, 5.41) is 4.33. The Kier molecular flexibility index (Phi) is 4.55. The third-order valence-corrected chi connectivity index (χ3v) is 3.53. The van der Waals surface area contributed by atoms with Crippen LogP contribution >= 0.6 is 11.6 Å². The van der Waals surface area contributed by atoms with Crippen molar-refractivity contribution in [3.05, 3.63) is 35.0 Å². The zero-order chi connectivity index (χ0) is 14.7. The number of benzene rings is 1. The first-order valence-corrected chi connectivity index (χ1v) is 7.07. The lowest BCUT2D eigenvalue weighted by Gasteiger charge is -2.12. The molecule has 4 nitrogen and oxygen atoms in total. The summed E-state index contributed by atoms with van der Waals surface area (Å²) >= 11 is 5.97. The van der Waals surface area contributed by atoms with E-state index < -0.39 is 0 Å². The molecule has 108 valence electrons. The second-order valence-corrected chi connectivity index (χ2v) is 4.83. The molecule has 20 heavy (non-hydrogen) atoms. The van der Waals surface area contributed by atoms with Gasteiger partial charge in [0, 0.05) is 7.05 Å². The Labute approximate surface area is 124 Å². The number of hydrogen-bond donors (Lipinski definition) is 0. The second kappa shape index (κ2) is 6.18. The minimum absolute atomic E-state index is 0.365. The first-order valence-electron chi connectivity index (χ1n) is 6.53. The van der Waals surface area contributed by atoms with Crippen molar-refractivity contribution in [2.45, 2.75) is 26.1 Å². The molecule has 2 aromatic rings. The van der Waals surface area contributed by atoms with Crippen molar-refractivity contribution in [3.63, 3.8) is 0 Å². The lowest BCUT2D eigenvalue weighted by molar-refractivity contribution is 0.364. The van der Waals surface area contributed by atoms with Crippen LogP contribution in [0.3, 0.4) is 0 Å². The van der Waals surface area contributed by atoms with E-state index in [4.69, 9.17) is 21.1 Å². The number of aromatic nitrogens is 2. The van der Waals surface area contributed by atoms with E-state index >= 15 is 0 Å². The van der Waals surface area contributed by atoms with Crippen LogP contribution in [-0.2, 0) is 19.3 Å². The molecular formula is C15H19ClN2O2. The van der Waals surface area contributed by atoms with Crippen molar-refractivity contribution in [2.75, 3.05) is 7.11 Å². The minimum atomic E-state index is 0.365. The van der Waals surface area contributed by atoms with Crippen LogP contribution in [0.5, 0.6) is 17.4 Å². The predicted molar refractivity (Wildman–Crippen MR) is 79.9 cm³/mol. The molecule has 1 aromatic carbocycles. The fourth-order valence-corrected chi connectivity index (χ4v) is 2.39. The number of rotatable bonds is 5. The van der Waals surface area contributed by atoms with Gasteiger partial charge < -0.3 is 9.47 Å². The summed E-state index contributed by atoms with van der Waals surface area (Å²) in [6, 6.07) is 5.93. The van der Waals surface area contributed by atoms with Gasteiger partial charge in [-0.3, -0.25) is 0 Å². The maximum absolute atomic E-state index is 5.97. The molecule has 0 aliphatic heterocycles. The van der Waals surface area contributed by atoms with Crippen molar-refractivity contribution >= 4 is 11.6 Å². The Hall–Kier alpha value is -1.68. The summed E-state index contributed by atoms with van der Waals surface area (Å²) in [6.07, 6.45) is 0.953. The summed E-state index contributed by atoms with van der Waals surface area (Å²) in [4.78, 5) is 0. The van der Waals surface area contributed by atoms with Crippen molar-refractivity contribution in [2.24, 2.45) is 7.05 Å². The van der Waals surface area contributed by atoms with Gasteiger partial charge in [0.15, 0.2) is 11.5 Å². The number of hydrogen-bond acceptors (Lipinski definition) is 3. The van der Waals surface area contributed by atoms with Crippen LogP contribution in [0.15, 0.2) is 18.2 Å². The molecule has 1 aromatic heterocycles.